The first-order valence-corrected chi connectivity index (χ1v) is 11.7. The summed E-state index contributed by atoms with van der Waals surface area (Å²) in [5, 5.41) is 5.91. The molecule has 0 aliphatic heterocycles. The van der Waals surface area contributed by atoms with E-state index in [0.29, 0.717) is 12.5 Å². The van der Waals surface area contributed by atoms with Crippen LogP contribution in [0.15, 0.2) is 36.4 Å². The fourth-order valence-corrected chi connectivity index (χ4v) is 5.07. The number of carbonyl (C=O) groups excluding carboxylic acids is 1. The fourth-order valence-electron chi connectivity index (χ4n) is 5.07. The van der Waals surface area contributed by atoms with Gasteiger partial charge in [0.1, 0.15) is 0 Å². The molecular formula is C26H35NO2. The molecule has 1 fully saturated rings. The molecule has 3 nitrogen and oxygen atoms in total. The molecular weight excluding hydrogens is 358 g/mol. The van der Waals surface area contributed by atoms with E-state index in [1.807, 2.05) is 0 Å². The number of ether oxygens (including phenoxy) is 1. The lowest BCUT2D eigenvalue weighted by atomic mass is 9.84. The zero-order chi connectivity index (χ0) is 19.9. The number of rotatable bonds is 8. The normalized spacial score (nSPS) is 19.8. The van der Waals surface area contributed by atoms with E-state index < -0.39 is 0 Å². The van der Waals surface area contributed by atoms with Gasteiger partial charge in [0.25, 0.3) is 0 Å². The zero-order valence-electron chi connectivity index (χ0n) is 17.6. The van der Waals surface area contributed by atoms with Gasteiger partial charge in [0.2, 0.25) is 5.91 Å². The van der Waals surface area contributed by atoms with Crippen molar-refractivity contribution in [1.82, 2.24) is 5.32 Å². The Bertz CT molecular complexity index is 809. The first-order valence-electron chi connectivity index (χ1n) is 11.7. The second kappa shape index (κ2) is 10.2. The molecule has 4 rings (SSSR count). The van der Waals surface area contributed by atoms with E-state index in [0.717, 1.165) is 45.1 Å². The molecule has 2 aromatic rings. The van der Waals surface area contributed by atoms with Crippen molar-refractivity contribution in [3.63, 3.8) is 0 Å². The van der Waals surface area contributed by atoms with Crippen molar-refractivity contribution in [3.05, 3.63) is 47.5 Å². The Kier molecular flexibility index (Phi) is 7.21. The topological polar surface area (TPSA) is 38.3 Å². The number of hydrogen-bond acceptors (Lipinski definition) is 2. The van der Waals surface area contributed by atoms with E-state index >= 15 is 0 Å². The van der Waals surface area contributed by atoms with Crippen molar-refractivity contribution in [2.24, 2.45) is 0 Å². The van der Waals surface area contributed by atoms with Gasteiger partial charge in [-0.3, -0.25) is 4.79 Å². The fraction of sp³-hybridized carbons (Fsp3) is 0.577. The SMILES string of the molecule is O=C(CCCCCOC1CCCCC1)N[C@H]1CCCc2ccc3ccccc3c21. The molecule has 2 aliphatic carbocycles. The number of hydrogen-bond donors (Lipinski definition) is 1. The summed E-state index contributed by atoms with van der Waals surface area (Å²) in [7, 11) is 0. The van der Waals surface area contributed by atoms with Crippen LogP contribution in [0.3, 0.4) is 0 Å². The zero-order valence-corrected chi connectivity index (χ0v) is 17.6. The van der Waals surface area contributed by atoms with Gasteiger partial charge in [-0.05, 0) is 66.8 Å². The van der Waals surface area contributed by atoms with Gasteiger partial charge in [-0.15, -0.1) is 0 Å². The highest BCUT2D eigenvalue weighted by Gasteiger charge is 2.23. The van der Waals surface area contributed by atoms with Crippen molar-refractivity contribution in [1.29, 1.82) is 0 Å². The molecule has 29 heavy (non-hydrogen) atoms. The number of carbonyl (C=O) groups is 1. The summed E-state index contributed by atoms with van der Waals surface area (Å²) in [6.07, 6.45) is 14.0. The molecule has 1 N–H and O–H groups in total. The highest BCUT2D eigenvalue weighted by atomic mass is 16.5. The molecule has 1 amide bonds. The third-order valence-corrected chi connectivity index (χ3v) is 6.64. The Morgan fingerprint density at radius 3 is 2.69 bits per heavy atom. The van der Waals surface area contributed by atoms with Gasteiger partial charge in [-0.1, -0.05) is 62.1 Å². The van der Waals surface area contributed by atoms with Crippen molar-refractivity contribution >= 4 is 16.7 Å². The number of nitrogens with one attached hydrogen (secondary N) is 1. The summed E-state index contributed by atoms with van der Waals surface area (Å²) < 4.78 is 5.99. The number of amides is 1. The smallest absolute Gasteiger partial charge is 0.220 e. The molecule has 0 aromatic heterocycles. The van der Waals surface area contributed by atoms with Crippen LogP contribution in [0.5, 0.6) is 0 Å². The van der Waals surface area contributed by atoms with Gasteiger partial charge in [-0.25, -0.2) is 0 Å². The quantitative estimate of drug-likeness (QED) is 0.539. The summed E-state index contributed by atoms with van der Waals surface area (Å²) in [6.45, 7) is 0.855. The van der Waals surface area contributed by atoms with Crippen LogP contribution in [0.25, 0.3) is 10.8 Å². The predicted molar refractivity (Wildman–Crippen MR) is 119 cm³/mol. The summed E-state index contributed by atoms with van der Waals surface area (Å²) in [4.78, 5) is 12.6. The third-order valence-electron chi connectivity index (χ3n) is 6.64. The number of aryl methyl sites for hydroxylation is 1. The molecule has 0 bridgehead atoms. The molecule has 1 atom stereocenters. The first kappa shape index (κ1) is 20.4. The van der Waals surface area contributed by atoms with Crippen molar-refractivity contribution in [2.75, 3.05) is 6.61 Å². The van der Waals surface area contributed by atoms with Gasteiger partial charge in [0.05, 0.1) is 12.1 Å². The summed E-state index contributed by atoms with van der Waals surface area (Å²) >= 11 is 0. The van der Waals surface area contributed by atoms with Crippen LogP contribution in [-0.2, 0) is 16.0 Å². The second-order valence-electron chi connectivity index (χ2n) is 8.81. The highest BCUT2D eigenvalue weighted by Crippen LogP contribution is 2.35. The van der Waals surface area contributed by atoms with Gasteiger partial charge in [0.15, 0.2) is 0 Å². The maximum atomic E-state index is 12.6. The maximum absolute atomic E-state index is 12.6. The van der Waals surface area contributed by atoms with E-state index in [9.17, 15) is 4.79 Å². The molecule has 1 saturated carbocycles. The molecule has 2 aromatic carbocycles. The molecule has 0 saturated heterocycles. The van der Waals surface area contributed by atoms with Crippen LogP contribution in [0.1, 0.15) is 87.8 Å². The Morgan fingerprint density at radius 1 is 0.931 bits per heavy atom. The monoisotopic (exact) mass is 393 g/mol. The summed E-state index contributed by atoms with van der Waals surface area (Å²) in [6, 6.07) is 13.2. The Hall–Kier alpha value is -1.87. The van der Waals surface area contributed by atoms with Crippen molar-refractivity contribution < 1.29 is 9.53 Å². The predicted octanol–water partition coefficient (Wildman–Crippen LogP) is 6.24. The molecule has 0 unspecified atom stereocenters. The first-order chi connectivity index (χ1) is 14.3. The number of fused-ring (bicyclic) bond motifs is 3. The van der Waals surface area contributed by atoms with E-state index in [1.165, 1.54) is 54.0 Å². The maximum Gasteiger partial charge on any atom is 0.220 e. The standard InChI is InChI=1S/C26H35NO2/c28-25(16-5-2-8-19-29-22-12-3-1-4-13-22)27-24-15-9-11-21-18-17-20-10-6-7-14-23(20)26(21)24/h6-7,10,14,17-18,22,24H,1-5,8-9,11-13,15-16,19H2,(H,27,28)/t24-/m0/s1. The van der Waals surface area contributed by atoms with Gasteiger partial charge in [-0.2, -0.15) is 0 Å². The highest BCUT2D eigenvalue weighted by molar-refractivity contribution is 5.88. The van der Waals surface area contributed by atoms with Crippen molar-refractivity contribution in [3.8, 4) is 0 Å². The van der Waals surface area contributed by atoms with Gasteiger partial charge < -0.3 is 10.1 Å². The molecule has 2 aliphatic rings. The third kappa shape index (κ3) is 5.39. The van der Waals surface area contributed by atoms with Crippen LogP contribution in [0.4, 0.5) is 0 Å². The van der Waals surface area contributed by atoms with Crippen LogP contribution in [-0.4, -0.2) is 18.6 Å². The minimum Gasteiger partial charge on any atom is -0.378 e. The number of unbranched alkanes of at least 4 members (excludes halogenated alkanes) is 2. The average molecular weight is 394 g/mol. The van der Waals surface area contributed by atoms with Gasteiger partial charge >= 0.3 is 0 Å². The van der Waals surface area contributed by atoms with E-state index in [1.54, 1.807) is 0 Å². The summed E-state index contributed by atoms with van der Waals surface area (Å²) in [5.41, 5.74) is 2.75. The molecule has 3 heteroatoms. The minimum atomic E-state index is 0.159. The van der Waals surface area contributed by atoms with Crippen molar-refractivity contribution in [2.45, 2.75) is 89.2 Å². The van der Waals surface area contributed by atoms with E-state index in [-0.39, 0.29) is 11.9 Å². The Morgan fingerprint density at radius 2 is 1.79 bits per heavy atom. The lowest BCUT2D eigenvalue weighted by molar-refractivity contribution is -0.122. The van der Waals surface area contributed by atoms with Crippen LogP contribution < -0.4 is 5.32 Å². The van der Waals surface area contributed by atoms with Crippen LogP contribution in [0.2, 0.25) is 0 Å². The Balaban J connectivity index is 1.23. The number of benzene rings is 2. The minimum absolute atomic E-state index is 0.159. The lowest BCUT2D eigenvalue weighted by Crippen LogP contribution is -2.31. The van der Waals surface area contributed by atoms with Gasteiger partial charge in [0, 0.05) is 13.0 Å². The Labute approximate surface area is 175 Å². The lowest BCUT2D eigenvalue weighted by Gasteiger charge is -2.28. The van der Waals surface area contributed by atoms with E-state index in [2.05, 4.69) is 41.7 Å². The molecule has 0 radical (unpaired) electrons. The summed E-state index contributed by atoms with van der Waals surface area (Å²) in [5.74, 6) is 0.198. The molecule has 156 valence electrons. The second-order valence-corrected chi connectivity index (χ2v) is 8.81. The van der Waals surface area contributed by atoms with Crippen LogP contribution in [0, 0.1) is 0 Å². The van der Waals surface area contributed by atoms with Crippen LogP contribution >= 0.6 is 0 Å². The molecule has 0 heterocycles. The average Bonchev–Trinajstić information content (AvgIpc) is 2.77. The molecule has 0 spiro atoms. The van der Waals surface area contributed by atoms with E-state index in [4.69, 9.17) is 4.74 Å². The largest absolute Gasteiger partial charge is 0.378 e.